The zero-order valence-electron chi connectivity index (χ0n) is 14.7. The van der Waals surface area contributed by atoms with Crippen LogP contribution in [0.3, 0.4) is 0 Å². The minimum absolute atomic E-state index is 0.0324. The Morgan fingerprint density at radius 2 is 2.21 bits per heavy atom. The molecule has 0 atom stereocenters. The second-order valence-electron chi connectivity index (χ2n) is 7.10. The lowest BCUT2D eigenvalue weighted by Crippen LogP contribution is -2.67. The van der Waals surface area contributed by atoms with Gasteiger partial charge < -0.3 is 21.1 Å². The summed E-state index contributed by atoms with van der Waals surface area (Å²) in [5.41, 5.74) is 6.55. The molecule has 0 radical (unpaired) electrons. The normalized spacial score (nSPS) is 23.2. The van der Waals surface area contributed by atoms with Gasteiger partial charge >= 0.3 is 0 Å². The zero-order chi connectivity index (χ0) is 19.3. The van der Waals surface area contributed by atoms with Gasteiger partial charge in [-0.3, -0.25) is 4.79 Å². The number of aromatic nitrogens is 5. The van der Waals surface area contributed by atoms with E-state index < -0.39 is 11.7 Å². The van der Waals surface area contributed by atoms with E-state index in [1.807, 2.05) is 0 Å². The summed E-state index contributed by atoms with van der Waals surface area (Å²) in [7, 11) is 0. The summed E-state index contributed by atoms with van der Waals surface area (Å²) in [6, 6.07) is 0. The average molecular weight is 384 g/mol. The fourth-order valence-electron chi connectivity index (χ4n) is 3.71. The highest BCUT2D eigenvalue weighted by atomic mass is 19.1. The van der Waals surface area contributed by atoms with E-state index in [0.717, 1.165) is 42.7 Å². The van der Waals surface area contributed by atoms with Crippen LogP contribution in [0.15, 0.2) is 24.9 Å². The first kappa shape index (κ1) is 16.8. The first-order valence-corrected chi connectivity index (χ1v) is 8.85. The van der Waals surface area contributed by atoms with Crippen LogP contribution < -0.4 is 21.1 Å². The van der Waals surface area contributed by atoms with Gasteiger partial charge in [0.1, 0.15) is 23.7 Å². The summed E-state index contributed by atoms with van der Waals surface area (Å²) in [6.45, 7) is 1.04. The molecule has 3 aromatic heterocycles. The molecule has 1 amide bonds. The highest BCUT2D eigenvalue weighted by Gasteiger charge is 2.49. The second kappa shape index (κ2) is 6.09. The molecular weight excluding hydrogens is 367 g/mol. The molecule has 1 spiro atoms. The molecular formula is C17H17FN8O2. The molecule has 2 aliphatic rings. The number of carbonyl (C=O) groups excluding carboxylic acids is 1. The minimum atomic E-state index is -0.590. The summed E-state index contributed by atoms with van der Waals surface area (Å²) in [5.74, 6) is -0.922. The van der Waals surface area contributed by atoms with Crippen molar-refractivity contribution in [3.8, 4) is 5.88 Å². The van der Waals surface area contributed by atoms with Crippen LogP contribution in [0.2, 0.25) is 0 Å². The van der Waals surface area contributed by atoms with E-state index in [1.165, 1.54) is 12.5 Å². The van der Waals surface area contributed by atoms with Gasteiger partial charge in [-0.1, -0.05) is 0 Å². The fraction of sp³-hybridized carbons (Fsp3) is 0.353. The summed E-state index contributed by atoms with van der Waals surface area (Å²) in [4.78, 5) is 24.8. The summed E-state index contributed by atoms with van der Waals surface area (Å²) in [6.07, 6.45) is 7.89. The lowest BCUT2D eigenvalue weighted by atomic mass is 9.68. The van der Waals surface area contributed by atoms with Crippen molar-refractivity contribution in [2.24, 2.45) is 0 Å². The van der Waals surface area contributed by atoms with Gasteiger partial charge in [0.25, 0.3) is 5.91 Å². The molecule has 1 saturated heterocycles. The lowest BCUT2D eigenvalue weighted by molar-refractivity contribution is -0.0205. The van der Waals surface area contributed by atoms with E-state index in [-0.39, 0.29) is 34.6 Å². The number of halogens is 1. The Balaban J connectivity index is 1.36. The largest absolute Gasteiger partial charge is 0.473 e. The van der Waals surface area contributed by atoms with Gasteiger partial charge in [-0.2, -0.15) is 4.98 Å². The lowest BCUT2D eigenvalue weighted by Gasteiger charge is -2.54. The van der Waals surface area contributed by atoms with Crippen LogP contribution in [0.25, 0.3) is 5.65 Å². The molecule has 10 nitrogen and oxygen atoms in total. The predicted molar refractivity (Wildman–Crippen MR) is 96.3 cm³/mol. The fourth-order valence-corrected chi connectivity index (χ4v) is 3.71. The SMILES string of the molecule is Nc1nn2cc(F)cnc2c1C(=O)Nc1cncnc1OC1CC2(CCN2)C1. The number of nitrogens with zero attached hydrogens (tertiary/aromatic N) is 5. The van der Waals surface area contributed by atoms with Crippen molar-refractivity contribution in [2.45, 2.75) is 30.9 Å². The van der Waals surface area contributed by atoms with Crippen LogP contribution in [0.1, 0.15) is 29.6 Å². The molecule has 1 saturated carbocycles. The number of fused-ring (bicyclic) bond motifs is 1. The Bertz CT molecular complexity index is 1070. The van der Waals surface area contributed by atoms with Gasteiger partial charge in [0.15, 0.2) is 17.3 Å². The molecule has 3 aromatic rings. The van der Waals surface area contributed by atoms with Gasteiger partial charge in [-0.25, -0.2) is 18.9 Å². The van der Waals surface area contributed by atoms with Gasteiger partial charge in [-0.05, 0) is 13.0 Å². The molecule has 28 heavy (non-hydrogen) atoms. The van der Waals surface area contributed by atoms with Crippen LogP contribution >= 0.6 is 0 Å². The quantitative estimate of drug-likeness (QED) is 0.601. The summed E-state index contributed by atoms with van der Waals surface area (Å²) >= 11 is 0. The first-order valence-electron chi connectivity index (χ1n) is 8.85. The summed E-state index contributed by atoms with van der Waals surface area (Å²) in [5, 5.41) is 10.0. The maximum absolute atomic E-state index is 13.3. The van der Waals surface area contributed by atoms with Crippen molar-refractivity contribution < 1.29 is 13.9 Å². The molecule has 5 rings (SSSR count). The summed E-state index contributed by atoms with van der Waals surface area (Å²) < 4.78 is 20.4. The number of hydrogen-bond acceptors (Lipinski definition) is 8. The second-order valence-corrected chi connectivity index (χ2v) is 7.10. The van der Waals surface area contributed by atoms with E-state index in [2.05, 4.69) is 30.7 Å². The number of nitrogens with one attached hydrogen (secondary N) is 2. The third-order valence-corrected chi connectivity index (χ3v) is 5.24. The number of hydrogen-bond donors (Lipinski definition) is 3. The highest BCUT2D eigenvalue weighted by molar-refractivity contribution is 6.11. The van der Waals surface area contributed by atoms with Crippen LogP contribution in [0.4, 0.5) is 15.9 Å². The third kappa shape index (κ3) is 2.71. The van der Waals surface area contributed by atoms with Crippen molar-refractivity contribution in [1.29, 1.82) is 0 Å². The Labute approximate surface area is 158 Å². The molecule has 11 heteroatoms. The van der Waals surface area contributed by atoms with E-state index in [9.17, 15) is 9.18 Å². The van der Waals surface area contributed by atoms with Gasteiger partial charge in [-0.15, -0.1) is 5.10 Å². The minimum Gasteiger partial charge on any atom is -0.473 e. The topological polar surface area (TPSA) is 132 Å². The Morgan fingerprint density at radius 1 is 1.39 bits per heavy atom. The predicted octanol–water partition coefficient (Wildman–Crippen LogP) is 0.766. The Morgan fingerprint density at radius 3 is 2.96 bits per heavy atom. The van der Waals surface area contributed by atoms with Gasteiger partial charge in [0.2, 0.25) is 5.88 Å². The van der Waals surface area contributed by atoms with E-state index in [1.54, 1.807) is 0 Å². The maximum atomic E-state index is 13.3. The molecule has 1 aliphatic carbocycles. The zero-order valence-corrected chi connectivity index (χ0v) is 14.7. The monoisotopic (exact) mass is 384 g/mol. The number of carbonyl (C=O) groups is 1. The van der Waals surface area contributed by atoms with Crippen molar-refractivity contribution in [1.82, 2.24) is 29.9 Å². The molecule has 1 aliphatic heterocycles. The standard InChI is InChI=1S/C17H17FN8O2/c18-9-5-21-14-12(13(19)25-26(14)7-9)15(27)24-11-6-20-8-22-16(11)28-10-3-17(4-10)1-2-23-17/h5-8,10,23H,1-4H2,(H2,19,25)(H,24,27). The number of amides is 1. The number of nitrogens with two attached hydrogens (primary N) is 1. The van der Waals surface area contributed by atoms with Crippen molar-refractivity contribution in [3.63, 3.8) is 0 Å². The Kier molecular flexibility index (Phi) is 3.66. The van der Waals surface area contributed by atoms with E-state index >= 15 is 0 Å². The smallest absolute Gasteiger partial charge is 0.263 e. The van der Waals surface area contributed by atoms with Crippen molar-refractivity contribution >= 4 is 23.1 Å². The molecule has 0 unspecified atom stereocenters. The van der Waals surface area contributed by atoms with Crippen LogP contribution in [0, 0.1) is 5.82 Å². The number of rotatable bonds is 4. The van der Waals surface area contributed by atoms with Gasteiger partial charge in [0, 0.05) is 18.4 Å². The maximum Gasteiger partial charge on any atom is 0.263 e. The van der Waals surface area contributed by atoms with Crippen LogP contribution in [0.5, 0.6) is 5.88 Å². The highest BCUT2D eigenvalue weighted by Crippen LogP contribution is 2.42. The molecule has 0 bridgehead atoms. The van der Waals surface area contributed by atoms with E-state index in [4.69, 9.17) is 10.5 Å². The van der Waals surface area contributed by atoms with Gasteiger partial charge in [0.05, 0.1) is 18.6 Å². The van der Waals surface area contributed by atoms with E-state index in [0.29, 0.717) is 5.69 Å². The Hall–Kier alpha value is -3.34. The third-order valence-electron chi connectivity index (χ3n) is 5.24. The number of nitrogen functional groups attached to an aromatic ring is 1. The van der Waals surface area contributed by atoms with Crippen molar-refractivity contribution in [2.75, 3.05) is 17.6 Å². The number of ether oxygens (including phenoxy) is 1. The molecule has 0 aromatic carbocycles. The molecule has 4 heterocycles. The first-order chi connectivity index (χ1) is 13.5. The average Bonchev–Trinajstić information content (AvgIpc) is 2.92. The molecule has 144 valence electrons. The number of anilines is 2. The molecule has 4 N–H and O–H groups in total. The van der Waals surface area contributed by atoms with Crippen LogP contribution in [-0.4, -0.2) is 48.7 Å². The van der Waals surface area contributed by atoms with Crippen molar-refractivity contribution in [3.05, 3.63) is 36.3 Å². The molecule has 2 fully saturated rings. The van der Waals surface area contributed by atoms with Crippen LogP contribution in [-0.2, 0) is 0 Å².